The zero-order valence-corrected chi connectivity index (χ0v) is 9.14. The van der Waals surface area contributed by atoms with Gasteiger partial charge in [0.1, 0.15) is 0 Å². The maximum absolute atomic E-state index is 13.4. The summed E-state index contributed by atoms with van der Waals surface area (Å²) in [6, 6.07) is 2.96. The van der Waals surface area contributed by atoms with E-state index in [1.54, 1.807) is 13.1 Å². The molecule has 3 nitrogen and oxygen atoms in total. The quantitative estimate of drug-likeness (QED) is 0.862. The van der Waals surface area contributed by atoms with Crippen LogP contribution in [0.4, 0.5) is 8.78 Å². The van der Waals surface area contributed by atoms with Gasteiger partial charge in [0.05, 0.1) is 0 Å². The van der Waals surface area contributed by atoms with Gasteiger partial charge >= 0.3 is 0 Å². The van der Waals surface area contributed by atoms with Crippen LogP contribution in [0.5, 0.6) is 11.5 Å². The predicted octanol–water partition coefficient (Wildman–Crippen LogP) is 2.25. The summed E-state index contributed by atoms with van der Waals surface area (Å²) >= 11 is 0. The number of alkyl halides is 2. The van der Waals surface area contributed by atoms with E-state index in [1.165, 1.54) is 6.07 Å². The lowest BCUT2D eigenvalue weighted by Crippen LogP contribution is -2.15. The minimum Gasteiger partial charge on any atom is -0.454 e. The second-order valence-electron chi connectivity index (χ2n) is 3.78. The monoisotopic (exact) mass is 229 g/mol. The van der Waals surface area contributed by atoms with E-state index in [-0.39, 0.29) is 12.4 Å². The second-order valence-corrected chi connectivity index (χ2v) is 3.78. The van der Waals surface area contributed by atoms with E-state index < -0.39 is 5.92 Å². The summed E-state index contributed by atoms with van der Waals surface area (Å²) in [5.74, 6) is -1.97. The van der Waals surface area contributed by atoms with Crippen LogP contribution in [0.1, 0.15) is 18.1 Å². The Balaban J connectivity index is 2.49. The number of halogens is 2. The summed E-state index contributed by atoms with van der Waals surface area (Å²) in [6.07, 6.45) is 0. The Morgan fingerprint density at radius 3 is 2.50 bits per heavy atom. The molecule has 1 aliphatic heterocycles. The Morgan fingerprint density at radius 1 is 1.31 bits per heavy atom. The highest BCUT2D eigenvalue weighted by Crippen LogP contribution is 2.40. The van der Waals surface area contributed by atoms with Crippen LogP contribution in [0.15, 0.2) is 12.1 Å². The molecular formula is C11H13F2NO2. The molecule has 2 rings (SSSR count). The fourth-order valence-electron chi connectivity index (χ4n) is 1.73. The van der Waals surface area contributed by atoms with Crippen molar-refractivity contribution in [3.8, 4) is 11.5 Å². The standard InChI is InChI=1S/C11H13F2NO2/c1-11(12,13)8-4-10-9(15-6-16-10)3-7(8)5-14-2/h3-4,14H,5-6H2,1-2H3. The van der Waals surface area contributed by atoms with Crippen molar-refractivity contribution >= 4 is 0 Å². The highest BCUT2D eigenvalue weighted by molar-refractivity contribution is 5.50. The normalized spacial score (nSPS) is 14.2. The third kappa shape index (κ3) is 1.95. The number of hydrogen-bond donors (Lipinski definition) is 1. The van der Waals surface area contributed by atoms with Gasteiger partial charge in [-0.2, -0.15) is 0 Å². The van der Waals surface area contributed by atoms with Gasteiger partial charge < -0.3 is 14.8 Å². The fraction of sp³-hybridized carbons (Fsp3) is 0.455. The molecule has 1 aromatic rings. The van der Waals surface area contributed by atoms with Gasteiger partial charge in [-0.3, -0.25) is 0 Å². The maximum Gasteiger partial charge on any atom is 0.270 e. The molecule has 0 fully saturated rings. The molecule has 0 aromatic heterocycles. The van der Waals surface area contributed by atoms with E-state index >= 15 is 0 Å². The van der Waals surface area contributed by atoms with E-state index in [9.17, 15) is 8.78 Å². The molecule has 0 saturated heterocycles. The number of hydrogen-bond acceptors (Lipinski definition) is 3. The van der Waals surface area contributed by atoms with Crippen LogP contribution < -0.4 is 14.8 Å². The molecule has 16 heavy (non-hydrogen) atoms. The van der Waals surface area contributed by atoms with Crippen LogP contribution in [-0.4, -0.2) is 13.8 Å². The summed E-state index contributed by atoms with van der Waals surface area (Å²) in [5, 5.41) is 2.86. The van der Waals surface area contributed by atoms with E-state index in [1.807, 2.05) is 0 Å². The fourth-order valence-corrected chi connectivity index (χ4v) is 1.73. The zero-order chi connectivity index (χ0) is 11.8. The van der Waals surface area contributed by atoms with Crippen molar-refractivity contribution in [1.82, 2.24) is 5.32 Å². The van der Waals surface area contributed by atoms with E-state index in [4.69, 9.17) is 9.47 Å². The molecule has 0 atom stereocenters. The number of benzene rings is 1. The Labute approximate surface area is 92.4 Å². The van der Waals surface area contributed by atoms with Gasteiger partial charge in [0.25, 0.3) is 5.92 Å². The summed E-state index contributed by atoms with van der Waals surface area (Å²) in [5.41, 5.74) is 0.505. The molecule has 88 valence electrons. The Morgan fingerprint density at radius 2 is 1.94 bits per heavy atom. The largest absolute Gasteiger partial charge is 0.454 e. The lowest BCUT2D eigenvalue weighted by Gasteiger charge is -2.16. The molecule has 0 bridgehead atoms. The van der Waals surface area contributed by atoms with Crippen molar-refractivity contribution in [3.63, 3.8) is 0 Å². The molecule has 5 heteroatoms. The van der Waals surface area contributed by atoms with Gasteiger partial charge in [0.15, 0.2) is 11.5 Å². The maximum atomic E-state index is 13.4. The highest BCUT2D eigenvalue weighted by atomic mass is 19.3. The molecule has 1 aliphatic rings. The third-order valence-corrected chi connectivity index (χ3v) is 2.44. The first-order valence-corrected chi connectivity index (χ1v) is 4.98. The smallest absolute Gasteiger partial charge is 0.270 e. The van der Waals surface area contributed by atoms with Crippen LogP contribution in [0.25, 0.3) is 0 Å². The molecule has 1 N–H and O–H groups in total. The summed E-state index contributed by atoms with van der Waals surface area (Å²) in [6.45, 7) is 1.34. The molecule has 0 spiro atoms. The summed E-state index contributed by atoms with van der Waals surface area (Å²) in [7, 11) is 1.71. The number of rotatable bonds is 3. The van der Waals surface area contributed by atoms with Gasteiger partial charge in [-0.25, -0.2) is 8.78 Å². The molecule has 0 saturated carbocycles. The topological polar surface area (TPSA) is 30.5 Å². The highest BCUT2D eigenvalue weighted by Gasteiger charge is 2.30. The Hall–Kier alpha value is -1.36. The number of nitrogens with one attached hydrogen (secondary N) is 1. The Kier molecular flexibility index (Phi) is 2.71. The minimum atomic E-state index is -2.88. The average Bonchev–Trinajstić information content (AvgIpc) is 2.62. The molecule has 1 aromatic carbocycles. The number of fused-ring (bicyclic) bond motifs is 1. The lowest BCUT2D eigenvalue weighted by molar-refractivity contribution is 0.0163. The van der Waals surface area contributed by atoms with Crippen LogP contribution in [-0.2, 0) is 12.5 Å². The van der Waals surface area contributed by atoms with Crippen LogP contribution >= 0.6 is 0 Å². The minimum absolute atomic E-state index is 0.0221. The lowest BCUT2D eigenvalue weighted by atomic mass is 10.0. The van der Waals surface area contributed by atoms with Crippen molar-refractivity contribution in [3.05, 3.63) is 23.3 Å². The first-order chi connectivity index (χ1) is 7.52. The molecular weight excluding hydrogens is 216 g/mol. The molecule has 0 unspecified atom stereocenters. The van der Waals surface area contributed by atoms with E-state index in [0.717, 1.165) is 6.92 Å². The second kappa shape index (κ2) is 3.90. The number of ether oxygens (including phenoxy) is 2. The molecule has 0 amide bonds. The average molecular weight is 229 g/mol. The first kappa shape index (κ1) is 11.1. The Bertz CT molecular complexity index is 402. The molecule has 0 aliphatic carbocycles. The predicted molar refractivity (Wildman–Crippen MR) is 54.9 cm³/mol. The van der Waals surface area contributed by atoms with Gasteiger partial charge in [-0.05, 0) is 24.7 Å². The third-order valence-electron chi connectivity index (χ3n) is 2.44. The summed E-state index contributed by atoms with van der Waals surface area (Å²) < 4.78 is 37.0. The van der Waals surface area contributed by atoms with Crippen molar-refractivity contribution < 1.29 is 18.3 Å². The SMILES string of the molecule is CNCc1cc2c(cc1C(C)(F)F)OCO2. The van der Waals surface area contributed by atoms with Crippen molar-refractivity contribution in [2.45, 2.75) is 19.4 Å². The van der Waals surface area contributed by atoms with Crippen LogP contribution in [0.3, 0.4) is 0 Å². The van der Waals surface area contributed by atoms with Gasteiger partial charge in [-0.15, -0.1) is 0 Å². The van der Waals surface area contributed by atoms with Gasteiger partial charge in [-0.1, -0.05) is 0 Å². The van der Waals surface area contributed by atoms with E-state index in [2.05, 4.69) is 5.32 Å². The van der Waals surface area contributed by atoms with Crippen LogP contribution in [0, 0.1) is 0 Å². The molecule has 0 radical (unpaired) electrons. The van der Waals surface area contributed by atoms with Crippen molar-refractivity contribution in [2.24, 2.45) is 0 Å². The first-order valence-electron chi connectivity index (χ1n) is 4.98. The zero-order valence-electron chi connectivity index (χ0n) is 9.14. The van der Waals surface area contributed by atoms with Crippen molar-refractivity contribution in [2.75, 3.05) is 13.8 Å². The van der Waals surface area contributed by atoms with E-state index in [0.29, 0.717) is 23.6 Å². The summed E-state index contributed by atoms with van der Waals surface area (Å²) in [4.78, 5) is 0. The van der Waals surface area contributed by atoms with Gasteiger partial charge in [0, 0.05) is 19.0 Å². The van der Waals surface area contributed by atoms with Crippen LogP contribution in [0.2, 0.25) is 0 Å². The van der Waals surface area contributed by atoms with Gasteiger partial charge in [0.2, 0.25) is 6.79 Å². The van der Waals surface area contributed by atoms with Crippen molar-refractivity contribution in [1.29, 1.82) is 0 Å². The molecule has 1 heterocycles.